The quantitative estimate of drug-likeness (QED) is 0.854. The van der Waals surface area contributed by atoms with E-state index in [1.807, 2.05) is 6.07 Å². The van der Waals surface area contributed by atoms with E-state index in [9.17, 15) is 0 Å². The van der Waals surface area contributed by atoms with Crippen molar-refractivity contribution in [1.29, 1.82) is 0 Å². The first-order chi connectivity index (χ1) is 8.63. The van der Waals surface area contributed by atoms with Crippen LogP contribution in [0.5, 0.6) is 0 Å². The second kappa shape index (κ2) is 5.87. The first-order valence-corrected chi connectivity index (χ1v) is 7.42. The lowest BCUT2D eigenvalue weighted by molar-refractivity contribution is 0.637. The molecule has 96 valence electrons. The third-order valence-corrected chi connectivity index (χ3v) is 4.45. The summed E-state index contributed by atoms with van der Waals surface area (Å²) in [6.07, 6.45) is 0. The highest BCUT2D eigenvalue weighted by Crippen LogP contribution is 2.33. The number of benzene rings is 1. The number of aryl methyl sites for hydroxylation is 2. The van der Waals surface area contributed by atoms with Crippen LogP contribution in [0, 0.1) is 13.8 Å². The molecule has 1 atom stereocenters. The van der Waals surface area contributed by atoms with E-state index in [2.05, 4.69) is 49.7 Å². The molecule has 2 aromatic rings. The Morgan fingerprint density at radius 3 is 2.61 bits per heavy atom. The van der Waals surface area contributed by atoms with Gasteiger partial charge in [0.1, 0.15) is 0 Å². The highest BCUT2D eigenvalue weighted by atomic mass is 35.5. The van der Waals surface area contributed by atoms with Gasteiger partial charge in [-0.1, -0.05) is 30.7 Å². The SMILES string of the molecule is CCNC(c1ccc(C)cc1Cl)c1sccc1C. The van der Waals surface area contributed by atoms with Crippen LogP contribution < -0.4 is 5.32 Å². The summed E-state index contributed by atoms with van der Waals surface area (Å²) in [5.74, 6) is 0. The van der Waals surface area contributed by atoms with Gasteiger partial charge in [-0.15, -0.1) is 11.3 Å². The van der Waals surface area contributed by atoms with Gasteiger partial charge >= 0.3 is 0 Å². The lowest BCUT2D eigenvalue weighted by Gasteiger charge is -2.20. The van der Waals surface area contributed by atoms with Crippen molar-refractivity contribution in [3.05, 3.63) is 56.2 Å². The number of halogens is 1. The predicted octanol–water partition coefficient (Wildman–Crippen LogP) is 4.72. The highest BCUT2D eigenvalue weighted by Gasteiger charge is 2.18. The van der Waals surface area contributed by atoms with Gasteiger partial charge in [-0.25, -0.2) is 0 Å². The van der Waals surface area contributed by atoms with E-state index >= 15 is 0 Å². The zero-order chi connectivity index (χ0) is 13.1. The van der Waals surface area contributed by atoms with Gasteiger partial charge in [0.05, 0.1) is 6.04 Å². The van der Waals surface area contributed by atoms with Crippen molar-refractivity contribution in [3.63, 3.8) is 0 Å². The minimum Gasteiger partial charge on any atom is -0.306 e. The first-order valence-electron chi connectivity index (χ1n) is 6.17. The van der Waals surface area contributed by atoms with Crippen molar-refractivity contribution in [2.75, 3.05) is 6.54 Å². The van der Waals surface area contributed by atoms with Crippen molar-refractivity contribution >= 4 is 22.9 Å². The Labute approximate surface area is 118 Å². The maximum atomic E-state index is 6.39. The normalized spacial score (nSPS) is 12.7. The number of hydrogen-bond acceptors (Lipinski definition) is 2. The molecule has 1 heterocycles. The van der Waals surface area contributed by atoms with Crippen LogP contribution in [0.25, 0.3) is 0 Å². The van der Waals surface area contributed by atoms with Crippen molar-refractivity contribution in [3.8, 4) is 0 Å². The molecule has 2 rings (SSSR count). The summed E-state index contributed by atoms with van der Waals surface area (Å²) in [6.45, 7) is 7.26. The Kier molecular flexibility index (Phi) is 4.44. The largest absolute Gasteiger partial charge is 0.306 e. The van der Waals surface area contributed by atoms with E-state index in [1.165, 1.54) is 16.0 Å². The van der Waals surface area contributed by atoms with E-state index in [0.29, 0.717) is 0 Å². The maximum absolute atomic E-state index is 6.39. The van der Waals surface area contributed by atoms with Crippen LogP contribution >= 0.6 is 22.9 Å². The minimum atomic E-state index is 0.197. The molecule has 0 radical (unpaired) electrons. The van der Waals surface area contributed by atoms with Gasteiger partial charge in [-0.05, 0) is 54.6 Å². The van der Waals surface area contributed by atoms with Gasteiger partial charge < -0.3 is 5.32 Å². The third kappa shape index (κ3) is 2.77. The first kappa shape index (κ1) is 13.6. The molecule has 0 spiro atoms. The van der Waals surface area contributed by atoms with Crippen LogP contribution in [0.3, 0.4) is 0 Å². The predicted molar refractivity (Wildman–Crippen MR) is 80.8 cm³/mol. The van der Waals surface area contributed by atoms with Crippen molar-refractivity contribution in [1.82, 2.24) is 5.32 Å². The molecule has 1 unspecified atom stereocenters. The summed E-state index contributed by atoms with van der Waals surface area (Å²) in [5.41, 5.74) is 3.68. The summed E-state index contributed by atoms with van der Waals surface area (Å²) in [5, 5.41) is 6.51. The molecule has 0 saturated heterocycles. The Bertz CT molecular complexity index is 533. The molecular formula is C15H18ClNS. The van der Waals surface area contributed by atoms with Gasteiger partial charge in [0, 0.05) is 9.90 Å². The zero-order valence-corrected chi connectivity index (χ0v) is 12.5. The molecule has 0 aliphatic rings. The zero-order valence-electron chi connectivity index (χ0n) is 11.0. The molecule has 18 heavy (non-hydrogen) atoms. The van der Waals surface area contributed by atoms with Gasteiger partial charge in [-0.2, -0.15) is 0 Å². The molecule has 1 nitrogen and oxygen atoms in total. The van der Waals surface area contributed by atoms with E-state index in [4.69, 9.17) is 11.6 Å². The fraction of sp³-hybridized carbons (Fsp3) is 0.333. The Hall–Kier alpha value is -0.830. The van der Waals surface area contributed by atoms with E-state index in [0.717, 1.165) is 17.1 Å². The second-order valence-corrected chi connectivity index (χ2v) is 5.84. The van der Waals surface area contributed by atoms with E-state index in [1.54, 1.807) is 11.3 Å². The number of hydrogen-bond donors (Lipinski definition) is 1. The smallest absolute Gasteiger partial charge is 0.0688 e. The van der Waals surface area contributed by atoms with Gasteiger partial charge in [0.15, 0.2) is 0 Å². The summed E-state index contributed by atoms with van der Waals surface area (Å²) < 4.78 is 0. The van der Waals surface area contributed by atoms with E-state index < -0.39 is 0 Å². The molecule has 0 bridgehead atoms. The highest BCUT2D eigenvalue weighted by molar-refractivity contribution is 7.10. The topological polar surface area (TPSA) is 12.0 Å². The molecule has 1 aromatic carbocycles. The van der Waals surface area contributed by atoms with Crippen LogP contribution in [0.2, 0.25) is 5.02 Å². The molecule has 0 aliphatic heterocycles. The summed E-state index contributed by atoms with van der Waals surface area (Å²) in [7, 11) is 0. The molecule has 3 heteroatoms. The average molecular weight is 280 g/mol. The molecule has 0 aliphatic carbocycles. The van der Waals surface area contributed by atoms with Crippen LogP contribution in [0.15, 0.2) is 29.6 Å². The molecule has 0 fully saturated rings. The molecular weight excluding hydrogens is 262 g/mol. The standard InChI is InChI=1S/C15H18ClNS/c1-4-17-14(15-11(3)7-8-18-15)12-6-5-10(2)9-13(12)16/h5-9,14,17H,4H2,1-3H3. The van der Waals surface area contributed by atoms with Crippen molar-refractivity contribution in [2.45, 2.75) is 26.8 Å². The lowest BCUT2D eigenvalue weighted by atomic mass is 10.0. The van der Waals surface area contributed by atoms with Crippen LogP contribution in [0.4, 0.5) is 0 Å². The van der Waals surface area contributed by atoms with Crippen molar-refractivity contribution < 1.29 is 0 Å². The van der Waals surface area contributed by atoms with Gasteiger partial charge in [0.25, 0.3) is 0 Å². The molecule has 0 amide bonds. The van der Waals surface area contributed by atoms with Gasteiger partial charge in [0.2, 0.25) is 0 Å². The lowest BCUT2D eigenvalue weighted by Crippen LogP contribution is -2.22. The monoisotopic (exact) mass is 279 g/mol. The second-order valence-electron chi connectivity index (χ2n) is 4.48. The van der Waals surface area contributed by atoms with Crippen LogP contribution in [-0.2, 0) is 0 Å². The Morgan fingerprint density at radius 1 is 1.28 bits per heavy atom. The molecule has 0 saturated carbocycles. The Balaban J connectivity index is 2.45. The number of thiophene rings is 1. The molecule has 1 aromatic heterocycles. The summed E-state index contributed by atoms with van der Waals surface area (Å²) >= 11 is 8.18. The average Bonchev–Trinajstić information content (AvgIpc) is 2.73. The van der Waals surface area contributed by atoms with Crippen LogP contribution in [0.1, 0.15) is 34.5 Å². The fourth-order valence-electron chi connectivity index (χ4n) is 2.09. The number of nitrogens with one attached hydrogen (secondary N) is 1. The maximum Gasteiger partial charge on any atom is 0.0688 e. The molecule has 1 N–H and O–H groups in total. The summed E-state index contributed by atoms with van der Waals surface area (Å²) in [4.78, 5) is 1.35. The number of rotatable bonds is 4. The van der Waals surface area contributed by atoms with E-state index in [-0.39, 0.29) is 6.04 Å². The Morgan fingerprint density at radius 2 is 2.06 bits per heavy atom. The summed E-state index contributed by atoms with van der Waals surface area (Å²) in [6, 6.07) is 8.64. The van der Waals surface area contributed by atoms with Crippen LogP contribution in [-0.4, -0.2) is 6.54 Å². The third-order valence-electron chi connectivity index (χ3n) is 3.04. The minimum absolute atomic E-state index is 0.197. The van der Waals surface area contributed by atoms with Gasteiger partial charge in [-0.3, -0.25) is 0 Å². The fourth-order valence-corrected chi connectivity index (χ4v) is 3.46. The van der Waals surface area contributed by atoms with Crippen molar-refractivity contribution in [2.24, 2.45) is 0 Å².